The van der Waals surface area contributed by atoms with Crippen LogP contribution in [0.2, 0.25) is 0 Å². The number of anilines is 1. The lowest BCUT2D eigenvalue weighted by molar-refractivity contribution is -0.130. The maximum atomic E-state index is 12.9. The Morgan fingerprint density at radius 1 is 1.03 bits per heavy atom. The molecule has 10 nitrogen and oxygen atoms in total. The molecule has 0 atom stereocenters. The van der Waals surface area contributed by atoms with Gasteiger partial charge in [-0.05, 0) is 30.2 Å². The topological polar surface area (TPSA) is 104 Å². The molecule has 0 spiro atoms. The van der Waals surface area contributed by atoms with Crippen LogP contribution in [0.15, 0.2) is 42.7 Å². The molecule has 39 heavy (non-hydrogen) atoms. The molecule has 2 saturated heterocycles. The zero-order valence-corrected chi connectivity index (χ0v) is 22.3. The van der Waals surface area contributed by atoms with Crippen molar-refractivity contribution in [2.75, 3.05) is 77.6 Å². The summed E-state index contributed by atoms with van der Waals surface area (Å²) in [5, 5.41) is 9.87. The van der Waals surface area contributed by atoms with Crippen LogP contribution in [0, 0.1) is 11.3 Å². The third kappa shape index (κ3) is 6.56. The number of methoxy groups -OCH3 is 1. The lowest BCUT2D eigenvalue weighted by Gasteiger charge is -2.36. The fourth-order valence-electron chi connectivity index (χ4n) is 5.02. The van der Waals surface area contributed by atoms with Gasteiger partial charge >= 0.3 is 0 Å². The van der Waals surface area contributed by atoms with Crippen molar-refractivity contribution in [1.29, 1.82) is 5.26 Å². The van der Waals surface area contributed by atoms with Crippen molar-refractivity contribution in [3.05, 3.63) is 53.9 Å². The summed E-state index contributed by atoms with van der Waals surface area (Å²) in [6.07, 6.45) is 2.83. The van der Waals surface area contributed by atoms with Gasteiger partial charge in [-0.3, -0.25) is 9.69 Å². The van der Waals surface area contributed by atoms with Gasteiger partial charge in [0.05, 0.1) is 50.5 Å². The van der Waals surface area contributed by atoms with Crippen LogP contribution in [0.4, 0.5) is 5.82 Å². The van der Waals surface area contributed by atoms with Crippen LogP contribution >= 0.6 is 0 Å². The normalized spacial score (nSPS) is 16.2. The Bertz CT molecular complexity index is 1310. The Morgan fingerprint density at radius 2 is 1.79 bits per heavy atom. The molecule has 10 heteroatoms. The van der Waals surface area contributed by atoms with Gasteiger partial charge in [-0.25, -0.2) is 9.97 Å². The number of hydrogen-bond donors (Lipinski definition) is 0. The van der Waals surface area contributed by atoms with Gasteiger partial charge in [0.15, 0.2) is 11.5 Å². The summed E-state index contributed by atoms with van der Waals surface area (Å²) in [6, 6.07) is 13.2. The number of piperazine rings is 1. The molecule has 204 valence electrons. The van der Waals surface area contributed by atoms with E-state index in [1.165, 1.54) is 0 Å². The van der Waals surface area contributed by atoms with Gasteiger partial charge in [-0.15, -0.1) is 0 Å². The molecule has 2 aliphatic rings. The van der Waals surface area contributed by atoms with E-state index < -0.39 is 0 Å². The molecule has 2 fully saturated rings. The second kappa shape index (κ2) is 12.7. The van der Waals surface area contributed by atoms with E-state index in [1.807, 2.05) is 29.2 Å². The predicted octanol–water partition coefficient (Wildman–Crippen LogP) is 2.50. The number of ether oxygens (including phenoxy) is 3. The smallest absolute Gasteiger partial charge is 0.227 e. The second-order valence-corrected chi connectivity index (χ2v) is 9.73. The van der Waals surface area contributed by atoms with Gasteiger partial charge in [0.25, 0.3) is 0 Å². The van der Waals surface area contributed by atoms with Crippen molar-refractivity contribution < 1.29 is 19.0 Å². The third-order valence-corrected chi connectivity index (χ3v) is 7.25. The number of fused-ring (bicyclic) bond motifs is 1. The first-order chi connectivity index (χ1) is 19.1. The molecule has 0 saturated carbocycles. The molecule has 0 aliphatic carbocycles. The number of amides is 1. The minimum atomic E-state index is 0.0870. The molecule has 2 aromatic carbocycles. The number of aromatic nitrogens is 2. The summed E-state index contributed by atoms with van der Waals surface area (Å²) >= 11 is 0. The molecular formula is C29H34N6O4. The number of morpholine rings is 1. The highest BCUT2D eigenvalue weighted by Gasteiger charge is 2.24. The van der Waals surface area contributed by atoms with Crippen LogP contribution in [0.1, 0.15) is 17.5 Å². The Kier molecular flexibility index (Phi) is 8.71. The van der Waals surface area contributed by atoms with E-state index in [4.69, 9.17) is 19.5 Å². The number of carbonyl (C=O) groups excluding carboxylic acids is 1. The monoisotopic (exact) mass is 530 g/mol. The van der Waals surface area contributed by atoms with Gasteiger partial charge in [0, 0.05) is 57.3 Å². The first kappa shape index (κ1) is 26.7. The molecule has 0 bridgehead atoms. The molecule has 1 amide bonds. The lowest BCUT2D eigenvalue weighted by Crippen LogP contribution is -2.49. The maximum absolute atomic E-state index is 12.9. The standard InChI is InChI=1S/C29H34N6O4/c1-37-26-18-24-25(19-27(26)39-14-2-7-33-12-15-38-16-13-33)31-21-32-29(24)35-10-8-34(9-11-35)28(36)17-22-3-5-23(20-30)6-4-22/h3-6,18-19,21H,2,7-17H2,1H3. The molecule has 3 aromatic rings. The Hall–Kier alpha value is -3.94. The zero-order chi connectivity index (χ0) is 27.0. The van der Waals surface area contributed by atoms with E-state index in [0.29, 0.717) is 56.3 Å². The van der Waals surface area contributed by atoms with Crippen LogP contribution in [-0.2, 0) is 16.0 Å². The van der Waals surface area contributed by atoms with Crippen molar-refractivity contribution in [2.24, 2.45) is 0 Å². The maximum Gasteiger partial charge on any atom is 0.227 e. The van der Waals surface area contributed by atoms with E-state index >= 15 is 0 Å². The molecular weight excluding hydrogens is 496 g/mol. The van der Waals surface area contributed by atoms with Crippen molar-refractivity contribution in [2.45, 2.75) is 12.8 Å². The van der Waals surface area contributed by atoms with Crippen LogP contribution < -0.4 is 14.4 Å². The summed E-state index contributed by atoms with van der Waals surface area (Å²) in [5.41, 5.74) is 2.30. The molecule has 0 unspecified atom stereocenters. The highest BCUT2D eigenvalue weighted by atomic mass is 16.5. The Labute approximate surface area is 228 Å². The lowest BCUT2D eigenvalue weighted by atomic mass is 10.1. The predicted molar refractivity (Wildman–Crippen MR) is 147 cm³/mol. The van der Waals surface area contributed by atoms with E-state index in [0.717, 1.165) is 61.6 Å². The largest absolute Gasteiger partial charge is 0.493 e. The first-order valence-corrected chi connectivity index (χ1v) is 13.4. The van der Waals surface area contributed by atoms with E-state index in [1.54, 1.807) is 25.6 Å². The van der Waals surface area contributed by atoms with Crippen molar-refractivity contribution in [3.8, 4) is 17.6 Å². The van der Waals surface area contributed by atoms with Crippen molar-refractivity contribution in [1.82, 2.24) is 19.8 Å². The molecule has 5 rings (SSSR count). The van der Waals surface area contributed by atoms with E-state index in [-0.39, 0.29) is 5.91 Å². The van der Waals surface area contributed by atoms with Crippen LogP contribution in [-0.4, -0.2) is 98.4 Å². The summed E-state index contributed by atoms with van der Waals surface area (Å²) in [4.78, 5) is 28.4. The molecule has 0 radical (unpaired) electrons. The Morgan fingerprint density at radius 3 is 2.51 bits per heavy atom. The average molecular weight is 531 g/mol. The average Bonchev–Trinajstić information content (AvgIpc) is 2.99. The molecule has 2 aliphatic heterocycles. The quantitative estimate of drug-likeness (QED) is 0.386. The summed E-state index contributed by atoms with van der Waals surface area (Å²) in [6.45, 7) is 7.68. The highest BCUT2D eigenvalue weighted by molar-refractivity contribution is 5.92. The van der Waals surface area contributed by atoms with Gasteiger partial charge in [0.1, 0.15) is 12.1 Å². The molecule has 3 heterocycles. The van der Waals surface area contributed by atoms with Crippen LogP contribution in [0.5, 0.6) is 11.5 Å². The SMILES string of the molecule is COc1cc2c(N3CCN(C(=O)Cc4ccc(C#N)cc4)CC3)ncnc2cc1OCCCN1CCOCC1. The first-order valence-electron chi connectivity index (χ1n) is 13.4. The van der Waals surface area contributed by atoms with Crippen LogP contribution in [0.3, 0.4) is 0 Å². The highest BCUT2D eigenvalue weighted by Crippen LogP contribution is 2.35. The number of hydrogen-bond acceptors (Lipinski definition) is 9. The van der Waals surface area contributed by atoms with Crippen LogP contribution in [0.25, 0.3) is 10.9 Å². The van der Waals surface area contributed by atoms with Gasteiger partial charge in [0.2, 0.25) is 5.91 Å². The van der Waals surface area contributed by atoms with Crippen molar-refractivity contribution in [3.63, 3.8) is 0 Å². The van der Waals surface area contributed by atoms with Gasteiger partial charge < -0.3 is 24.0 Å². The Balaban J connectivity index is 1.20. The van der Waals surface area contributed by atoms with Gasteiger partial charge in [-0.1, -0.05) is 12.1 Å². The fourth-order valence-corrected chi connectivity index (χ4v) is 5.02. The summed E-state index contributed by atoms with van der Waals surface area (Å²) < 4.78 is 17.2. The number of benzene rings is 2. The number of nitrogens with zero attached hydrogens (tertiary/aromatic N) is 6. The van der Waals surface area contributed by atoms with Gasteiger partial charge in [-0.2, -0.15) is 5.26 Å². The number of carbonyl (C=O) groups is 1. The number of rotatable bonds is 9. The second-order valence-electron chi connectivity index (χ2n) is 9.73. The fraction of sp³-hybridized carbons (Fsp3) is 0.448. The minimum absolute atomic E-state index is 0.0870. The molecule has 0 N–H and O–H groups in total. The third-order valence-electron chi connectivity index (χ3n) is 7.25. The summed E-state index contributed by atoms with van der Waals surface area (Å²) in [7, 11) is 1.64. The van der Waals surface area contributed by atoms with E-state index in [9.17, 15) is 4.79 Å². The number of nitriles is 1. The minimum Gasteiger partial charge on any atom is -0.493 e. The summed E-state index contributed by atoms with van der Waals surface area (Å²) in [5.74, 6) is 2.25. The van der Waals surface area contributed by atoms with Crippen molar-refractivity contribution >= 4 is 22.6 Å². The van der Waals surface area contributed by atoms with E-state index in [2.05, 4.69) is 25.8 Å². The molecule has 1 aromatic heterocycles. The zero-order valence-electron chi connectivity index (χ0n) is 22.3.